The molecule has 1 unspecified atom stereocenters. The molecule has 2 aromatic rings. The lowest BCUT2D eigenvalue weighted by atomic mass is 10.0. The van der Waals surface area contributed by atoms with Gasteiger partial charge >= 0.3 is 0 Å². The van der Waals surface area contributed by atoms with Crippen molar-refractivity contribution in [2.75, 3.05) is 25.8 Å². The van der Waals surface area contributed by atoms with Gasteiger partial charge in [0.1, 0.15) is 0 Å². The Balaban J connectivity index is 1.75. The molecule has 0 saturated carbocycles. The molecule has 126 valence electrons. The summed E-state index contributed by atoms with van der Waals surface area (Å²) in [6.07, 6.45) is 0. The Morgan fingerprint density at radius 3 is 2.76 bits per heavy atom. The number of hydrogen-bond donors (Lipinski definition) is 0. The van der Waals surface area contributed by atoms with E-state index in [2.05, 4.69) is 11.0 Å². The van der Waals surface area contributed by atoms with Crippen molar-refractivity contribution in [3.05, 3.63) is 53.1 Å². The van der Waals surface area contributed by atoms with Crippen LogP contribution in [0, 0.1) is 11.3 Å². The van der Waals surface area contributed by atoms with Gasteiger partial charge in [-0.3, -0.25) is 9.69 Å². The maximum absolute atomic E-state index is 12.9. The van der Waals surface area contributed by atoms with Gasteiger partial charge in [0.15, 0.2) is 17.5 Å². The number of anilines is 1. The van der Waals surface area contributed by atoms with E-state index >= 15 is 0 Å². The molecule has 0 spiro atoms. The molecule has 1 atom stereocenters. The standard InChI is InChI=1S/C19H17N3O3/c1-21(2)10-12-3-5-14-15(7-12)16(9-20)22(19(14)23)13-4-6-17-18(8-13)25-11-24-17/h3-8,16H,10-11H2,1-2H3. The van der Waals surface area contributed by atoms with Crippen molar-refractivity contribution in [1.29, 1.82) is 5.26 Å². The Kier molecular flexibility index (Phi) is 3.59. The third-order valence-corrected chi connectivity index (χ3v) is 4.37. The van der Waals surface area contributed by atoms with Gasteiger partial charge in [0.05, 0.1) is 6.07 Å². The van der Waals surface area contributed by atoms with Crippen molar-refractivity contribution < 1.29 is 14.3 Å². The van der Waals surface area contributed by atoms with Crippen molar-refractivity contribution in [2.45, 2.75) is 12.6 Å². The maximum Gasteiger partial charge on any atom is 0.260 e. The van der Waals surface area contributed by atoms with Crippen LogP contribution in [0.3, 0.4) is 0 Å². The lowest BCUT2D eigenvalue weighted by molar-refractivity contribution is 0.0994. The normalized spacial score (nSPS) is 17.8. The minimum absolute atomic E-state index is 0.169. The van der Waals surface area contributed by atoms with E-state index in [-0.39, 0.29) is 12.7 Å². The topological polar surface area (TPSA) is 65.8 Å². The summed E-state index contributed by atoms with van der Waals surface area (Å²) in [6.45, 7) is 0.923. The molecule has 6 heteroatoms. The summed E-state index contributed by atoms with van der Waals surface area (Å²) in [7, 11) is 3.97. The van der Waals surface area contributed by atoms with E-state index in [0.717, 1.165) is 17.7 Å². The van der Waals surface area contributed by atoms with Crippen LogP contribution in [0.1, 0.15) is 27.5 Å². The molecular formula is C19H17N3O3. The fraction of sp³-hybridized carbons (Fsp3) is 0.263. The first-order valence-electron chi connectivity index (χ1n) is 7.99. The van der Waals surface area contributed by atoms with Gasteiger partial charge in [-0.05, 0) is 37.9 Å². The zero-order valence-electron chi connectivity index (χ0n) is 14.0. The number of fused-ring (bicyclic) bond motifs is 2. The molecule has 2 aliphatic heterocycles. The minimum Gasteiger partial charge on any atom is -0.454 e. The van der Waals surface area contributed by atoms with Crippen LogP contribution in [-0.2, 0) is 6.54 Å². The van der Waals surface area contributed by atoms with Gasteiger partial charge in [0.2, 0.25) is 6.79 Å². The first-order valence-corrected chi connectivity index (χ1v) is 7.99. The molecule has 6 nitrogen and oxygen atoms in total. The number of carbonyl (C=O) groups excluding carboxylic acids is 1. The van der Waals surface area contributed by atoms with Gasteiger partial charge in [-0.15, -0.1) is 0 Å². The summed E-state index contributed by atoms with van der Waals surface area (Å²) in [6, 6.07) is 12.6. The number of carbonyl (C=O) groups is 1. The van der Waals surface area contributed by atoms with Gasteiger partial charge < -0.3 is 14.4 Å². The second-order valence-electron chi connectivity index (χ2n) is 6.40. The summed E-state index contributed by atoms with van der Waals surface area (Å²) in [5.41, 5.74) is 3.03. The number of nitrogens with zero attached hydrogens (tertiary/aromatic N) is 3. The Hall–Kier alpha value is -3.04. The summed E-state index contributed by atoms with van der Waals surface area (Å²) in [5, 5.41) is 9.72. The molecule has 0 saturated heterocycles. The van der Waals surface area contributed by atoms with E-state index in [0.29, 0.717) is 22.7 Å². The van der Waals surface area contributed by atoms with Crippen molar-refractivity contribution in [3.8, 4) is 17.6 Å². The third-order valence-electron chi connectivity index (χ3n) is 4.37. The molecule has 2 heterocycles. The zero-order chi connectivity index (χ0) is 17.6. The SMILES string of the molecule is CN(C)Cc1ccc2c(c1)C(C#N)N(c1ccc3c(c1)OCO3)C2=O. The van der Waals surface area contributed by atoms with Crippen LogP contribution in [0.4, 0.5) is 5.69 Å². The van der Waals surface area contributed by atoms with E-state index < -0.39 is 6.04 Å². The molecule has 0 bridgehead atoms. The monoisotopic (exact) mass is 335 g/mol. The van der Waals surface area contributed by atoms with Crippen LogP contribution < -0.4 is 14.4 Å². The van der Waals surface area contributed by atoms with Crippen LogP contribution in [0.15, 0.2) is 36.4 Å². The molecule has 0 N–H and O–H groups in total. The van der Waals surface area contributed by atoms with Crippen molar-refractivity contribution in [1.82, 2.24) is 4.90 Å². The zero-order valence-corrected chi connectivity index (χ0v) is 14.0. The number of ether oxygens (including phenoxy) is 2. The number of amides is 1. The maximum atomic E-state index is 12.9. The van der Waals surface area contributed by atoms with E-state index in [1.807, 2.05) is 32.3 Å². The average Bonchev–Trinajstić information content (AvgIpc) is 3.15. The average molecular weight is 335 g/mol. The van der Waals surface area contributed by atoms with Crippen molar-refractivity contribution in [3.63, 3.8) is 0 Å². The summed E-state index contributed by atoms with van der Waals surface area (Å²) in [5.74, 6) is 1.07. The van der Waals surface area contributed by atoms with E-state index in [9.17, 15) is 10.1 Å². The lowest BCUT2D eigenvalue weighted by Crippen LogP contribution is -2.26. The fourth-order valence-electron chi connectivity index (χ4n) is 3.31. The van der Waals surface area contributed by atoms with Gasteiger partial charge in [-0.25, -0.2) is 0 Å². The molecule has 2 aromatic carbocycles. The first-order chi connectivity index (χ1) is 12.1. The van der Waals surface area contributed by atoms with E-state index in [1.54, 1.807) is 18.2 Å². The first kappa shape index (κ1) is 15.5. The van der Waals surface area contributed by atoms with Gasteiger partial charge in [-0.2, -0.15) is 5.26 Å². The summed E-state index contributed by atoms with van der Waals surface area (Å²) in [4.78, 5) is 16.5. The highest BCUT2D eigenvalue weighted by Gasteiger charge is 2.38. The molecule has 25 heavy (non-hydrogen) atoms. The van der Waals surface area contributed by atoms with Crippen LogP contribution in [-0.4, -0.2) is 31.7 Å². The van der Waals surface area contributed by atoms with Crippen LogP contribution in [0.2, 0.25) is 0 Å². The minimum atomic E-state index is -0.648. The third kappa shape index (κ3) is 2.49. The quantitative estimate of drug-likeness (QED) is 0.863. The van der Waals surface area contributed by atoms with Crippen molar-refractivity contribution in [2.24, 2.45) is 0 Å². The second kappa shape index (κ2) is 5.80. The number of hydrogen-bond acceptors (Lipinski definition) is 5. The van der Waals surface area contributed by atoms with E-state index in [4.69, 9.17) is 9.47 Å². The predicted molar refractivity (Wildman–Crippen MR) is 91.6 cm³/mol. The molecule has 1 amide bonds. The summed E-state index contributed by atoms with van der Waals surface area (Å²) >= 11 is 0. The smallest absolute Gasteiger partial charge is 0.260 e. The number of benzene rings is 2. The predicted octanol–water partition coefficient (Wildman–Crippen LogP) is 2.70. The van der Waals surface area contributed by atoms with Crippen molar-refractivity contribution >= 4 is 11.6 Å². The van der Waals surface area contributed by atoms with Crippen LogP contribution in [0.5, 0.6) is 11.5 Å². The highest BCUT2D eigenvalue weighted by Crippen LogP contribution is 2.42. The number of rotatable bonds is 3. The highest BCUT2D eigenvalue weighted by atomic mass is 16.7. The molecule has 0 radical (unpaired) electrons. The van der Waals surface area contributed by atoms with Gasteiger partial charge in [0, 0.05) is 29.4 Å². The molecule has 0 aliphatic carbocycles. The molecule has 4 rings (SSSR count). The Bertz CT molecular complexity index is 901. The molecule has 2 aliphatic rings. The molecule has 0 aromatic heterocycles. The summed E-state index contributed by atoms with van der Waals surface area (Å²) < 4.78 is 10.7. The van der Waals surface area contributed by atoms with Crippen LogP contribution in [0.25, 0.3) is 0 Å². The molecule has 0 fully saturated rings. The van der Waals surface area contributed by atoms with Gasteiger partial charge in [0.25, 0.3) is 5.91 Å². The molecular weight excluding hydrogens is 318 g/mol. The Morgan fingerprint density at radius 2 is 2.00 bits per heavy atom. The highest BCUT2D eigenvalue weighted by molar-refractivity contribution is 6.11. The largest absolute Gasteiger partial charge is 0.454 e. The Labute approximate surface area is 145 Å². The van der Waals surface area contributed by atoms with Crippen LogP contribution >= 0.6 is 0 Å². The fourth-order valence-corrected chi connectivity index (χ4v) is 3.31. The second-order valence-corrected chi connectivity index (χ2v) is 6.40. The van der Waals surface area contributed by atoms with E-state index in [1.165, 1.54) is 4.90 Å². The number of nitriles is 1. The Morgan fingerprint density at radius 1 is 1.20 bits per heavy atom. The lowest BCUT2D eigenvalue weighted by Gasteiger charge is -2.20. The van der Waals surface area contributed by atoms with Gasteiger partial charge in [-0.1, -0.05) is 12.1 Å².